The van der Waals surface area contributed by atoms with Crippen LogP contribution in [0.5, 0.6) is 0 Å². The Morgan fingerprint density at radius 2 is 1.75 bits per heavy atom. The third-order valence-electron chi connectivity index (χ3n) is 3.11. The number of urea groups is 1. The Bertz CT molecular complexity index is 363. The van der Waals surface area contributed by atoms with Crippen molar-refractivity contribution in [2.75, 3.05) is 19.6 Å². The number of carboxylic acids is 1. The summed E-state index contributed by atoms with van der Waals surface area (Å²) >= 11 is 0. The first-order chi connectivity index (χ1) is 9.01. The molecule has 2 amide bonds. The zero-order chi connectivity index (χ0) is 15.6. The smallest absolute Gasteiger partial charge is 0.317 e. The van der Waals surface area contributed by atoms with Gasteiger partial charge in [0.05, 0.1) is 24.3 Å². The number of nitrogens with zero attached hydrogens (tertiary/aromatic N) is 1. The second kappa shape index (κ2) is 5.99. The van der Waals surface area contributed by atoms with Crippen LogP contribution >= 0.6 is 0 Å². The number of hydrogen-bond acceptors (Lipinski definition) is 3. The minimum atomic E-state index is -0.847. The number of amides is 2. The van der Waals surface area contributed by atoms with Crippen LogP contribution in [0.2, 0.25) is 0 Å². The molecule has 6 heteroatoms. The van der Waals surface area contributed by atoms with Gasteiger partial charge in [0.25, 0.3) is 0 Å². The van der Waals surface area contributed by atoms with Crippen LogP contribution in [0, 0.1) is 5.92 Å². The monoisotopic (exact) mass is 286 g/mol. The largest absolute Gasteiger partial charge is 0.481 e. The third-order valence-corrected chi connectivity index (χ3v) is 3.11. The van der Waals surface area contributed by atoms with E-state index in [1.807, 2.05) is 34.6 Å². The quantitative estimate of drug-likeness (QED) is 0.824. The highest BCUT2D eigenvalue weighted by Crippen LogP contribution is 2.27. The second-order valence-electron chi connectivity index (χ2n) is 6.87. The first kappa shape index (κ1) is 16.8. The van der Waals surface area contributed by atoms with Gasteiger partial charge in [0.2, 0.25) is 0 Å². The van der Waals surface area contributed by atoms with Gasteiger partial charge in [0, 0.05) is 13.0 Å². The molecule has 1 saturated heterocycles. The van der Waals surface area contributed by atoms with Crippen LogP contribution < -0.4 is 5.32 Å². The van der Waals surface area contributed by atoms with Crippen molar-refractivity contribution in [1.82, 2.24) is 10.2 Å². The van der Waals surface area contributed by atoms with Crippen LogP contribution in [0.3, 0.4) is 0 Å². The molecule has 116 valence electrons. The minimum absolute atomic E-state index is 0.0559. The Kier molecular flexibility index (Phi) is 5.02. The number of ether oxygens (including phenoxy) is 1. The average molecular weight is 286 g/mol. The lowest BCUT2D eigenvalue weighted by atomic mass is 9.99. The SMILES string of the molecule is CC(CNC(=O)N1CC(C)(C)OC(C)(C)C1)CC(=O)O. The van der Waals surface area contributed by atoms with E-state index in [9.17, 15) is 9.59 Å². The van der Waals surface area contributed by atoms with E-state index in [-0.39, 0.29) is 29.6 Å². The Hall–Kier alpha value is -1.30. The number of rotatable bonds is 4. The number of carbonyl (C=O) groups excluding carboxylic acids is 1. The van der Waals surface area contributed by atoms with Crippen molar-refractivity contribution >= 4 is 12.0 Å². The molecule has 1 heterocycles. The van der Waals surface area contributed by atoms with Crippen LogP contribution in [0.15, 0.2) is 0 Å². The highest BCUT2D eigenvalue weighted by atomic mass is 16.5. The molecule has 20 heavy (non-hydrogen) atoms. The topological polar surface area (TPSA) is 78.9 Å². The van der Waals surface area contributed by atoms with Gasteiger partial charge in [-0.1, -0.05) is 6.92 Å². The first-order valence-corrected chi connectivity index (χ1v) is 6.95. The van der Waals surface area contributed by atoms with Crippen molar-refractivity contribution in [3.63, 3.8) is 0 Å². The molecule has 6 nitrogen and oxygen atoms in total. The number of carbonyl (C=O) groups is 2. The molecule has 1 atom stereocenters. The normalized spacial score (nSPS) is 22.1. The summed E-state index contributed by atoms with van der Waals surface area (Å²) in [5.41, 5.74) is -0.766. The molecule has 1 aliphatic rings. The van der Waals surface area contributed by atoms with Crippen molar-refractivity contribution < 1.29 is 19.4 Å². The van der Waals surface area contributed by atoms with E-state index in [1.165, 1.54) is 0 Å². The molecule has 0 saturated carbocycles. The van der Waals surface area contributed by atoms with Crippen LogP contribution in [-0.4, -0.2) is 52.8 Å². The number of aliphatic carboxylic acids is 1. The summed E-state index contributed by atoms with van der Waals surface area (Å²) in [6.07, 6.45) is 0.0559. The molecule has 1 unspecified atom stereocenters. The van der Waals surface area contributed by atoms with Crippen molar-refractivity contribution in [3.8, 4) is 0 Å². The third kappa shape index (κ3) is 5.36. The van der Waals surface area contributed by atoms with E-state index in [0.29, 0.717) is 19.6 Å². The first-order valence-electron chi connectivity index (χ1n) is 6.95. The van der Waals surface area contributed by atoms with Crippen LogP contribution in [-0.2, 0) is 9.53 Å². The molecule has 0 aromatic heterocycles. The molecule has 1 aliphatic heterocycles. The molecule has 2 N–H and O–H groups in total. The number of morpholine rings is 1. The maximum absolute atomic E-state index is 12.2. The van der Waals surface area contributed by atoms with Crippen molar-refractivity contribution in [2.45, 2.75) is 52.2 Å². The maximum atomic E-state index is 12.2. The molecule has 0 radical (unpaired) electrons. The van der Waals surface area contributed by atoms with Crippen molar-refractivity contribution in [3.05, 3.63) is 0 Å². The molecular formula is C14H26N2O4. The molecule has 0 bridgehead atoms. The summed E-state index contributed by atoms with van der Waals surface area (Å²) in [4.78, 5) is 24.5. The van der Waals surface area contributed by atoms with Gasteiger partial charge in [-0.3, -0.25) is 4.79 Å². The van der Waals surface area contributed by atoms with E-state index in [0.717, 1.165) is 0 Å². The minimum Gasteiger partial charge on any atom is -0.481 e. The van der Waals surface area contributed by atoms with Crippen molar-refractivity contribution in [2.24, 2.45) is 5.92 Å². The molecule has 0 aromatic rings. The van der Waals surface area contributed by atoms with Crippen molar-refractivity contribution in [1.29, 1.82) is 0 Å². The van der Waals surface area contributed by atoms with E-state index in [1.54, 1.807) is 4.90 Å². The molecule has 1 rings (SSSR count). The maximum Gasteiger partial charge on any atom is 0.317 e. The summed E-state index contributed by atoms with van der Waals surface area (Å²) in [6.45, 7) is 11.1. The fraction of sp³-hybridized carbons (Fsp3) is 0.857. The highest BCUT2D eigenvalue weighted by molar-refractivity contribution is 5.74. The Morgan fingerprint density at radius 3 is 2.20 bits per heavy atom. The van der Waals surface area contributed by atoms with Gasteiger partial charge in [-0.15, -0.1) is 0 Å². The van der Waals surface area contributed by atoms with Crippen LogP contribution in [0.4, 0.5) is 4.79 Å². The Morgan fingerprint density at radius 1 is 1.25 bits per heavy atom. The van der Waals surface area contributed by atoms with Crippen LogP contribution in [0.1, 0.15) is 41.0 Å². The summed E-state index contributed by atoms with van der Waals surface area (Å²) in [5, 5.41) is 11.5. The van der Waals surface area contributed by atoms with E-state index in [2.05, 4.69) is 5.32 Å². The number of hydrogen-bond donors (Lipinski definition) is 2. The lowest BCUT2D eigenvalue weighted by molar-refractivity contribution is -0.170. The van der Waals surface area contributed by atoms with Gasteiger partial charge >= 0.3 is 12.0 Å². The standard InChI is InChI=1S/C14H26N2O4/c1-10(6-11(17)18)7-15-12(19)16-8-13(2,3)20-14(4,5)9-16/h10H,6-9H2,1-5H3,(H,15,19)(H,17,18). The van der Waals surface area contributed by atoms with Gasteiger partial charge in [0.1, 0.15) is 0 Å². The Labute approximate surface area is 120 Å². The zero-order valence-corrected chi connectivity index (χ0v) is 13.0. The molecular weight excluding hydrogens is 260 g/mol. The lowest BCUT2D eigenvalue weighted by Gasteiger charge is -2.47. The number of nitrogens with one attached hydrogen (secondary N) is 1. The van der Waals surface area contributed by atoms with Gasteiger partial charge in [-0.25, -0.2) is 4.79 Å². The second-order valence-corrected chi connectivity index (χ2v) is 6.87. The summed E-state index contributed by atoms with van der Waals surface area (Å²) in [5.74, 6) is -0.932. The summed E-state index contributed by atoms with van der Waals surface area (Å²) in [6, 6.07) is -0.160. The predicted octanol–water partition coefficient (Wildman–Crippen LogP) is 1.70. The molecule has 0 aromatic carbocycles. The van der Waals surface area contributed by atoms with Crippen LogP contribution in [0.25, 0.3) is 0 Å². The number of carboxylic acid groups (broad SMARTS) is 1. The van der Waals surface area contributed by atoms with E-state index >= 15 is 0 Å². The zero-order valence-electron chi connectivity index (χ0n) is 13.0. The van der Waals surface area contributed by atoms with Gasteiger partial charge < -0.3 is 20.1 Å². The molecule has 0 aliphatic carbocycles. The highest BCUT2D eigenvalue weighted by Gasteiger charge is 2.39. The van der Waals surface area contributed by atoms with E-state index in [4.69, 9.17) is 9.84 Å². The molecule has 0 spiro atoms. The molecule has 1 fully saturated rings. The fourth-order valence-corrected chi connectivity index (χ4v) is 2.67. The van der Waals surface area contributed by atoms with Gasteiger partial charge in [0.15, 0.2) is 0 Å². The van der Waals surface area contributed by atoms with E-state index < -0.39 is 5.97 Å². The lowest BCUT2D eigenvalue weighted by Crippen LogP contribution is -2.60. The predicted molar refractivity (Wildman–Crippen MR) is 75.6 cm³/mol. The summed E-state index contributed by atoms with van der Waals surface area (Å²) < 4.78 is 5.92. The van der Waals surface area contributed by atoms with Gasteiger partial charge in [-0.05, 0) is 33.6 Å². The Balaban J connectivity index is 2.52. The summed E-state index contributed by atoms with van der Waals surface area (Å²) in [7, 11) is 0. The average Bonchev–Trinajstić information content (AvgIpc) is 2.20. The fourth-order valence-electron chi connectivity index (χ4n) is 2.67. The van der Waals surface area contributed by atoms with Gasteiger partial charge in [-0.2, -0.15) is 0 Å².